The maximum absolute atomic E-state index is 13.1. The van der Waals surface area contributed by atoms with Gasteiger partial charge in [0.15, 0.2) is 5.60 Å². The largest absolute Gasteiger partial charge is 0.421 e. The zero-order chi connectivity index (χ0) is 23.7. The fourth-order valence-corrected chi connectivity index (χ4v) is 5.32. The second-order valence-corrected chi connectivity index (χ2v) is 9.79. The highest BCUT2D eigenvalue weighted by Gasteiger charge is 2.51. The molecule has 0 aromatic carbocycles. The Morgan fingerprint density at radius 1 is 1.25 bits per heavy atom. The number of halogens is 3. The minimum absolute atomic E-state index is 0.0121. The van der Waals surface area contributed by atoms with Crippen LogP contribution in [0.2, 0.25) is 0 Å². The van der Waals surface area contributed by atoms with Gasteiger partial charge in [0.1, 0.15) is 6.04 Å². The van der Waals surface area contributed by atoms with Crippen LogP contribution in [-0.4, -0.2) is 64.5 Å². The summed E-state index contributed by atoms with van der Waals surface area (Å²) in [6.45, 7) is 2.50. The average molecular weight is 487 g/mol. The van der Waals surface area contributed by atoms with Crippen LogP contribution in [0.4, 0.5) is 19.1 Å². The third kappa shape index (κ3) is 4.56. The molecule has 2 atom stereocenters. The zero-order valence-corrected chi connectivity index (χ0v) is 18.9. The van der Waals surface area contributed by atoms with Gasteiger partial charge in [-0.1, -0.05) is 30.3 Å². The fraction of sp³-hybridized carbons (Fsp3) is 0.450. The SMILES string of the molecule is CC#CC1CN(S(=O)(=O)C2=CC=CCC2=S)CCN1c1ncc(C(C)(O)C(F)(F)F)cn1. The number of piperazine rings is 1. The summed E-state index contributed by atoms with van der Waals surface area (Å²) in [6, 6.07) is -0.620. The molecule has 2 aliphatic rings. The van der Waals surface area contributed by atoms with Crippen LogP contribution < -0.4 is 4.90 Å². The molecule has 1 saturated heterocycles. The topological polar surface area (TPSA) is 86.6 Å². The highest BCUT2D eigenvalue weighted by Crippen LogP contribution is 2.38. The smallest absolute Gasteiger partial charge is 0.376 e. The Balaban J connectivity index is 1.85. The van der Waals surface area contributed by atoms with E-state index in [1.165, 1.54) is 10.4 Å². The van der Waals surface area contributed by atoms with E-state index in [4.69, 9.17) is 12.2 Å². The van der Waals surface area contributed by atoms with E-state index in [0.717, 1.165) is 12.4 Å². The standard InChI is InChI=1S/C20H21F3N4O3S2/c1-3-6-15-13-26(32(29,30)17-8-5-4-7-16(17)31)9-10-27(15)18-24-11-14(12-25-18)19(2,28)20(21,22)23/h4-5,8,11-12,15,28H,7,9-10,13H2,1-2H3. The second kappa shape index (κ2) is 8.90. The van der Waals surface area contributed by atoms with Crippen molar-refractivity contribution in [2.45, 2.75) is 38.1 Å². The van der Waals surface area contributed by atoms with Crippen molar-refractivity contribution in [3.8, 4) is 11.8 Å². The molecule has 1 aliphatic carbocycles. The molecule has 1 aromatic rings. The van der Waals surface area contributed by atoms with Gasteiger partial charge in [-0.15, -0.1) is 5.92 Å². The van der Waals surface area contributed by atoms with Crippen LogP contribution >= 0.6 is 12.2 Å². The van der Waals surface area contributed by atoms with Crippen LogP contribution in [0.15, 0.2) is 35.5 Å². The van der Waals surface area contributed by atoms with Crippen molar-refractivity contribution in [3.63, 3.8) is 0 Å². The van der Waals surface area contributed by atoms with E-state index in [2.05, 4.69) is 21.8 Å². The van der Waals surface area contributed by atoms with Crippen molar-refractivity contribution in [1.82, 2.24) is 14.3 Å². The quantitative estimate of drug-likeness (QED) is 0.516. The van der Waals surface area contributed by atoms with Crippen molar-refractivity contribution in [3.05, 3.63) is 41.1 Å². The molecule has 0 bridgehead atoms. The minimum atomic E-state index is -4.89. The maximum atomic E-state index is 13.1. The van der Waals surface area contributed by atoms with Gasteiger partial charge in [-0.2, -0.15) is 17.5 Å². The summed E-state index contributed by atoms with van der Waals surface area (Å²) in [5, 5.41) is 9.79. The molecule has 0 radical (unpaired) electrons. The molecule has 0 amide bonds. The van der Waals surface area contributed by atoms with Gasteiger partial charge in [-0.3, -0.25) is 0 Å². The summed E-state index contributed by atoms with van der Waals surface area (Å²) in [6.07, 6.45) is 2.20. The first-order valence-corrected chi connectivity index (χ1v) is 11.4. The molecule has 1 fully saturated rings. The van der Waals surface area contributed by atoms with Gasteiger partial charge in [0.05, 0.1) is 4.91 Å². The van der Waals surface area contributed by atoms with E-state index in [-0.39, 0.29) is 30.5 Å². The number of allylic oxidation sites excluding steroid dienone is 4. The summed E-state index contributed by atoms with van der Waals surface area (Å²) in [5.74, 6) is 5.75. The van der Waals surface area contributed by atoms with Crippen LogP contribution in [0.25, 0.3) is 0 Å². The Kier molecular flexibility index (Phi) is 6.76. The lowest BCUT2D eigenvalue weighted by Gasteiger charge is -2.39. The Hall–Kier alpha value is -2.33. The van der Waals surface area contributed by atoms with Gasteiger partial charge in [0.2, 0.25) is 16.0 Å². The van der Waals surface area contributed by atoms with E-state index in [1.54, 1.807) is 24.0 Å². The highest BCUT2D eigenvalue weighted by atomic mass is 32.2. The predicted molar refractivity (Wildman–Crippen MR) is 117 cm³/mol. The van der Waals surface area contributed by atoms with Gasteiger partial charge in [0.25, 0.3) is 0 Å². The molecule has 12 heteroatoms. The summed E-state index contributed by atoms with van der Waals surface area (Å²) >= 11 is 5.21. The summed E-state index contributed by atoms with van der Waals surface area (Å²) in [5.41, 5.74) is -3.60. The first kappa shape index (κ1) is 24.3. The van der Waals surface area contributed by atoms with Crippen LogP contribution in [0.5, 0.6) is 0 Å². The lowest BCUT2D eigenvalue weighted by Crippen LogP contribution is -2.55. The highest BCUT2D eigenvalue weighted by molar-refractivity contribution is 7.96. The van der Waals surface area contributed by atoms with Gasteiger partial charge in [-0.05, 0) is 19.9 Å². The molecule has 2 heterocycles. The maximum Gasteiger partial charge on any atom is 0.421 e. The molecule has 172 valence electrons. The van der Waals surface area contributed by atoms with Crippen molar-refractivity contribution >= 4 is 33.1 Å². The number of anilines is 1. The molecule has 0 saturated carbocycles. The van der Waals surface area contributed by atoms with Crippen LogP contribution in [0.1, 0.15) is 25.8 Å². The van der Waals surface area contributed by atoms with Crippen LogP contribution in [-0.2, 0) is 15.6 Å². The number of nitrogens with zero attached hydrogens (tertiary/aromatic N) is 4. The van der Waals surface area contributed by atoms with Crippen molar-refractivity contribution in [2.75, 3.05) is 24.5 Å². The van der Waals surface area contributed by atoms with Crippen LogP contribution in [0.3, 0.4) is 0 Å². The molecule has 1 aromatic heterocycles. The lowest BCUT2D eigenvalue weighted by atomic mass is 9.99. The van der Waals surface area contributed by atoms with Gasteiger partial charge >= 0.3 is 6.18 Å². The van der Waals surface area contributed by atoms with Crippen molar-refractivity contribution in [1.29, 1.82) is 0 Å². The van der Waals surface area contributed by atoms with E-state index >= 15 is 0 Å². The molecule has 1 aliphatic heterocycles. The zero-order valence-electron chi connectivity index (χ0n) is 17.3. The minimum Gasteiger partial charge on any atom is -0.376 e. The molecular weight excluding hydrogens is 465 g/mol. The third-order valence-corrected chi connectivity index (χ3v) is 7.71. The number of hydrogen-bond acceptors (Lipinski definition) is 7. The normalized spacial score (nSPS) is 22.1. The number of sulfonamides is 1. The fourth-order valence-electron chi connectivity index (χ4n) is 3.28. The Morgan fingerprint density at radius 3 is 2.47 bits per heavy atom. The third-order valence-electron chi connectivity index (χ3n) is 5.24. The van der Waals surface area contributed by atoms with E-state index in [1.807, 2.05) is 0 Å². The number of aromatic nitrogens is 2. The number of thiocarbonyl (C=S) groups is 1. The number of rotatable bonds is 4. The molecular formula is C20H21F3N4O3S2. The Morgan fingerprint density at radius 2 is 1.91 bits per heavy atom. The molecule has 2 unspecified atom stereocenters. The average Bonchev–Trinajstić information content (AvgIpc) is 2.73. The van der Waals surface area contributed by atoms with Gasteiger partial charge in [0, 0.05) is 48.9 Å². The number of alkyl halides is 3. The van der Waals surface area contributed by atoms with Crippen LogP contribution in [0, 0.1) is 11.8 Å². The Labute approximate surface area is 189 Å². The van der Waals surface area contributed by atoms with Crippen molar-refractivity contribution in [2.24, 2.45) is 0 Å². The van der Waals surface area contributed by atoms with E-state index < -0.39 is 33.4 Å². The van der Waals surface area contributed by atoms with Gasteiger partial charge in [-0.25, -0.2) is 18.4 Å². The second-order valence-electron chi connectivity index (χ2n) is 7.39. The predicted octanol–water partition coefficient (Wildman–Crippen LogP) is 2.30. The number of hydrogen-bond donors (Lipinski definition) is 1. The summed E-state index contributed by atoms with van der Waals surface area (Å²) in [7, 11) is -3.82. The van der Waals surface area contributed by atoms with E-state index in [9.17, 15) is 26.7 Å². The molecule has 0 spiro atoms. The summed E-state index contributed by atoms with van der Waals surface area (Å²) < 4.78 is 66.7. The first-order chi connectivity index (χ1) is 14.9. The molecule has 32 heavy (non-hydrogen) atoms. The van der Waals surface area contributed by atoms with Gasteiger partial charge < -0.3 is 10.0 Å². The summed E-state index contributed by atoms with van der Waals surface area (Å²) in [4.78, 5) is 10.0. The molecule has 1 N–H and O–H groups in total. The Bertz CT molecular complexity index is 1120. The van der Waals surface area contributed by atoms with Crippen molar-refractivity contribution < 1.29 is 26.7 Å². The van der Waals surface area contributed by atoms with E-state index in [0.29, 0.717) is 18.2 Å². The monoisotopic (exact) mass is 486 g/mol. The molecule has 7 nitrogen and oxygen atoms in total. The molecule has 3 rings (SSSR count). The first-order valence-electron chi connectivity index (χ1n) is 9.60. The number of aliphatic hydroxyl groups is 1. The lowest BCUT2D eigenvalue weighted by molar-refractivity contribution is -0.259.